The predicted octanol–water partition coefficient (Wildman–Crippen LogP) is 3.92. The minimum atomic E-state index is -4.44. The number of rotatable bonds is 6. The van der Waals surface area contributed by atoms with Crippen molar-refractivity contribution in [3.05, 3.63) is 59.4 Å². The number of hydrogen-bond acceptors (Lipinski definition) is 5. The van der Waals surface area contributed by atoms with Gasteiger partial charge in [0.05, 0.1) is 29.9 Å². The van der Waals surface area contributed by atoms with Crippen molar-refractivity contribution in [1.82, 2.24) is 14.8 Å². The number of amides is 2. The molecule has 2 aromatic rings. The molecule has 2 saturated heterocycles. The summed E-state index contributed by atoms with van der Waals surface area (Å²) in [6.07, 6.45) is -1.25. The highest BCUT2D eigenvalue weighted by atomic mass is 35.5. The van der Waals surface area contributed by atoms with Gasteiger partial charge in [-0.05, 0) is 49.1 Å². The van der Waals surface area contributed by atoms with Gasteiger partial charge in [0.2, 0.25) is 11.8 Å². The number of hydrogen-bond donors (Lipinski definition) is 1. The Kier molecular flexibility index (Phi) is 8.97. The summed E-state index contributed by atoms with van der Waals surface area (Å²) in [4.78, 5) is 31.6. The number of nitrogens with one attached hydrogen (secondary N) is 1. The van der Waals surface area contributed by atoms with Crippen LogP contribution < -0.4 is 5.32 Å². The SMILES string of the molecule is CC(=O)Nc1cccc(CCN2CCC3(CC2)CN(Cc2ccc(C(F)(F)F)cn2)C(=O)CO3)c1.Cl. The van der Waals surface area contributed by atoms with Crippen LogP contribution in [0.1, 0.15) is 36.6 Å². The van der Waals surface area contributed by atoms with E-state index in [1.165, 1.54) is 13.0 Å². The van der Waals surface area contributed by atoms with Crippen molar-refractivity contribution in [1.29, 1.82) is 0 Å². The van der Waals surface area contributed by atoms with Crippen LogP contribution in [0.5, 0.6) is 0 Å². The van der Waals surface area contributed by atoms with Crippen LogP contribution in [0.4, 0.5) is 18.9 Å². The maximum Gasteiger partial charge on any atom is 0.417 e. The van der Waals surface area contributed by atoms with Crippen LogP contribution in [-0.4, -0.2) is 65.0 Å². The Morgan fingerprint density at radius 2 is 1.94 bits per heavy atom. The molecule has 2 amide bonds. The van der Waals surface area contributed by atoms with Crippen molar-refractivity contribution in [2.75, 3.05) is 38.1 Å². The van der Waals surface area contributed by atoms with E-state index in [4.69, 9.17) is 4.74 Å². The molecule has 0 bridgehead atoms. The first-order valence-corrected chi connectivity index (χ1v) is 11.6. The van der Waals surface area contributed by atoms with E-state index in [9.17, 15) is 22.8 Å². The fraction of sp³-hybridized carbons (Fsp3) is 0.480. The molecule has 0 aliphatic carbocycles. The first-order valence-electron chi connectivity index (χ1n) is 11.6. The number of morpholine rings is 1. The molecule has 7 nitrogen and oxygen atoms in total. The number of aromatic nitrogens is 1. The van der Waals surface area contributed by atoms with Crippen molar-refractivity contribution >= 4 is 29.9 Å². The number of alkyl halides is 3. The maximum absolute atomic E-state index is 12.8. The molecule has 3 heterocycles. The van der Waals surface area contributed by atoms with Crippen molar-refractivity contribution in [2.24, 2.45) is 0 Å². The number of halogens is 4. The van der Waals surface area contributed by atoms with Crippen LogP contribution in [0.2, 0.25) is 0 Å². The highest BCUT2D eigenvalue weighted by molar-refractivity contribution is 5.88. The Morgan fingerprint density at radius 3 is 2.58 bits per heavy atom. The van der Waals surface area contributed by atoms with Crippen molar-refractivity contribution < 1.29 is 27.5 Å². The number of ether oxygens (including phenoxy) is 1. The second-order valence-corrected chi connectivity index (χ2v) is 9.23. The Bertz CT molecular complexity index is 1060. The van der Waals surface area contributed by atoms with E-state index in [2.05, 4.69) is 15.2 Å². The standard InChI is InChI=1S/C25H29F3N4O3.ClH/c1-18(33)30-21-4-2-3-19(13-21)7-10-31-11-8-24(9-12-31)17-32(23(34)16-35-24)15-22-6-5-20(14-29-22)25(26,27)28;/h2-6,13-14H,7-12,15-17H2,1H3,(H,30,33);1H. The van der Waals surface area contributed by atoms with E-state index in [1.54, 1.807) is 4.90 Å². The Balaban J connectivity index is 0.00000361. The van der Waals surface area contributed by atoms with E-state index < -0.39 is 17.3 Å². The average Bonchev–Trinajstić information content (AvgIpc) is 2.81. The minimum Gasteiger partial charge on any atom is -0.363 e. The molecule has 1 N–H and O–H groups in total. The lowest BCUT2D eigenvalue weighted by molar-refractivity contribution is -0.172. The van der Waals surface area contributed by atoms with Gasteiger partial charge in [-0.3, -0.25) is 14.6 Å². The number of carbonyl (C=O) groups is 2. The smallest absolute Gasteiger partial charge is 0.363 e. The van der Waals surface area contributed by atoms with Gasteiger partial charge < -0.3 is 19.9 Å². The summed E-state index contributed by atoms with van der Waals surface area (Å²) in [6, 6.07) is 10.1. The van der Waals surface area contributed by atoms with Gasteiger partial charge in [-0.15, -0.1) is 12.4 Å². The molecule has 0 radical (unpaired) electrons. The number of pyridine rings is 1. The van der Waals surface area contributed by atoms with Gasteiger partial charge in [-0.2, -0.15) is 13.2 Å². The lowest BCUT2D eigenvalue weighted by Gasteiger charge is -2.47. The zero-order chi connectivity index (χ0) is 25.1. The molecule has 36 heavy (non-hydrogen) atoms. The van der Waals surface area contributed by atoms with Crippen LogP contribution in [0.3, 0.4) is 0 Å². The molecule has 1 aromatic carbocycles. The number of nitrogens with zero attached hydrogens (tertiary/aromatic N) is 3. The molecule has 0 atom stereocenters. The second-order valence-electron chi connectivity index (χ2n) is 9.23. The second kappa shape index (κ2) is 11.6. The van der Waals surface area contributed by atoms with Gasteiger partial charge in [0.25, 0.3) is 0 Å². The summed E-state index contributed by atoms with van der Waals surface area (Å²) in [5.41, 5.74) is 1.10. The fourth-order valence-corrected chi connectivity index (χ4v) is 4.59. The molecule has 0 unspecified atom stereocenters. The van der Waals surface area contributed by atoms with Gasteiger partial charge in [0.15, 0.2) is 0 Å². The molecule has 0 saturated carbocycles. The number of benzene rings is 1. The van der Waals surface area contributed by atoms with Crippen molar-refractivity contribution in [3.8, 4) is 0 Å². The molecular weight excluding hydrogens is 497 g/mol. The first-order chi connectivity index (χ1) is 16.6. The molecule has 1 spiro atoms. The molecule has 196 valence electrons. The molecule has 2 aliphatic heterocycles. The van der Waals surface area contributed by atoms with Crippen molar-refractivity contribution in [3.63, 3.8) is 0 Å². The quantitative estimate of drug-likeness (QED) is 0.617. The minimum absolute atomic E-state index is 0. The maximum atomic E-state index is 12.8. The van der Waals surface area contributed by atoms with Gasteiger partial charge in [-0.25, -0.2) is 0 Å². The lowest BCUT2D eigenvalue weighted by Crippen LogP contribution is -2.58. The van der Waals surface area contributed by atoms with Gasteiger partial charge in [-0.1, -0.05) is 12.1 Å². The summed E-state index contributed by atoms with van der Waals surface area (Å²) >= 11 is 0. The Labute approximate surface area is 214 Å². The van der Waals surface area contributed by atoms with Crippen LogP contribution in [0.15, 0.2) is 42.6 Å². The third-order valence-electron chi connectivity index (χ3n) is 6.57. The number of likely N-dealkylation sites (tertiary alicyclic amines) is 1. The van der Waals surface area contributed by atoms with E-state index in [1.807, 2.05) is 24.3 Å². The van der Waals surface area contributed by atoms with E-state index >= 15 is 0 Å². The Hall–Kier alpha value is -2.69. The van der Waals surface area contributed by atoms with Crippen LogP contribution in [-0.2, 0) is 33.5 Å². The summed E-state index contributed by atoms with van der Waals surface area (Å²) in [5, 5.41) is 2.80. The van der Waals surface area contributed by atoms with Crippen LogP contribution in [0.25, 0.3) is 0 Å². The lowest BCUT2D eigenvalue weighted by atomic mass is 9.89. The van der Waals surface area contributed by atoms with Gasteiger partial charge in [0, 0.05) is 38.4 Å². The fourth-order valence-electron chi connectivity index (χ4n) is 4.59. The highest BCUT2D eigenvalue weighted by Crippen LogP contribution is 2.32. The third kappa shape index (κ3) is 7.18. The molecule has 11 heteroatoms. The van der Waals surface area contributed by atoms with Gasteiger partial charge in [0.1, 0.15) is 6.61 Å². The zero-order valence-corrected chi connectivity index (χ0v) is 20.8. The molecular formula is C25H30ClF3N4O3. The number of piperidine rings is 1. The average molecular weight is 527 g/mol. The van der Waals surface area contributed by atoms with Crippen LogP contribution >= 0.6 is 12.4 Å². The number of carbonyl (C=O) groups excluding carboxylic acids is 2. The van der Waals surface area contributed by atoms with E-state index in [-0.39, 0.29) is 37.4 Å². The summed E-state index contributed by atoms with van der Waals surface area (Å²) < 4.78 is 44.3. The zero-order valence-electron chi connectivity index (χ0n) is 20.0. The van der Waals surface area contributed by atoms with Crippen molar-refractivity contribution in [2.45, 2.75) is 44.5 Å². The van der Waals surface area contributed by atoms with E-state index in [0.717, 1.165) is 62.4 Å². The molecule has 1 aromatic heterocycles. The monoisotopic (exact) mass is 526 g/mol. The summed E-state index contributed by atoms with van der Waals surface area (Å²) in [5.74, 6) is -0.281. The molecule has 2 aliphatic rings. The topological polar surface area (TPSA) is 74.8 Å². The first kappa shape index (κ1) is 27.9. The summed E-state index contributed by atoms with van der Waals surface area (Å²) in [7, 11) is 0. The van der Waals surface area contributed by atoms with E-state index in [0.29, 0.717) is 12.2 Å². The highest BCUT2D eigenvalue weighted by Gasteiger charge is 2.42. The van der Waals surface area contributed by atoms with Crippen LogP contribution in [0, 0.1) is 0 Å². The molecule has 2 fully saturated rings. The Morgan fingerprint density at radius 1 is 1.19 bits per heavy atom. The summed E-state index contributed by atoms with van der Waals surface area (Å²) in [6.45, 7) is 4.54. The van der Waals surface area contributed by atoms with Gasteiger partial charge >= 0.3 is 6.18 Å². The normalized spacial score (nSPS) is 18.1. The largest absolute Gasteiger partial charge is 0.417 e. The number of anilines is 1. The predicted molar refractivity (Wildman–Crippen MR) is 131 cm³/mol. The third-order valence-corrected chi connectivity index (χ3v) is 6.57. The molecule has 4 rings (SSSR count).